The van der Waals surface area contributed by atoms with Gasteiger partial charge in [0.1, 0.15) is 0 Å². The van der Waals surface area contributed by atoms with Crippen molar-refractivity contribution in [3.8, 4) is 6.07 Å². The van der Waals surface area contributed by atoms with Gasteiger partial charge < -0.3 is 0 Å². The minimum Gasteiger partial charge on any atom is -0.266 e. The Balaban J connectivity index is 2.65. The van der Waals surface area contributed by atoms with Gasteiger partial charge in [-0.1, -0.05) is 60.2 Å². The largest absolute Gasteiger partial charge is 0.296 e. The molecule has 0 radical (unpaired) electrons. The quantitative estimate of drug-likeness (QED) is 0.157. The second-order valence-corrected chi connectivity index (χ2v) is 9.23. The van der Waals surface area contributed by atoms with Crippen molar-refractivity contribution in [2.24, 2.45) is 11.3 Å². The van der Waals surface area contributed by atoms with Crippen molar-refractivity contribution in [2.75, 3.05) is 11.0 Å². The lowest BCUT2D eigenvalue weighted by Crippen LogP contribution is -2.24. The first kappa shape index (κ1) is 22.1. The third-order valence-electron chi connectivity index (χ3n) is 4.61. The number of aryl methyl sites for hydroxylation is 1. The highest BCUT2D eigenvalue weighted by Crippen LogP contribution is 2.36. The third-order valence-corrected chi connectivity index (χ3v) is 6.56. The number of benzene rings is 1. The van der Waals surface area contributed by atoms with Crippen LogP contribution in [0.15, 0.2) is 41.3 Å². The Morgan fingerprint density at radius 2 is 2.00 bits per heavy atom. The van der Waals surface area contributed by atoms with Gasteiger partial charge in [-0.3, -0.25) is 4.18 Å². The fourth-order valence-electron chi connectivity index (χ4n) is 2.61. The van der Waals surface area contributed by atoms with Crippen LogP contribution in [0, 0.1) is 29.6 Å². The van der Waals surface area contributed by atoms with Crippen LogP contribution >= 0.6 is 22.6 Å². The average Bonchev–Trinajstić information content (AvgIpc) is 2.57. The van der Waals surface area contributed by atoms with Crippen molar-refractivity contribution in [3.63, 3.8) is 0 Å². The second kappa shape index (κ2) is 10.3. The van der Waals surface area contributed by atoms with E-state index in [-0.39, 0.29) is 16.9 Å². The first-order valence-electron chi connectivity index (χ1n) is 8.34. The summed E-state index contributed by atoms with van der Waals surface area (Å²) in [7, 11) is -3.71. The third kappa shape index (κ3) is 7.08. The normalized spacial score (nSPS) is 15.6. The van der Waals surface area contributed by atoms with E-state index in [0.717, 1.165) is 22.8 Å². The molecule has 0 bridgehead atoms. The summed E-state index contributed by atoms with van der Waals surface area (Å²) < 4.78 is 30.6. The molecule has 0 aromatic heterocycles. The molecule has 0 aliphatic heterocycles. The summed E-state index contributed by atoms with van der Waals surface area (Å²) in [6.07, 6.45) is 5.90. The van der Waals surface area contributed by atoms with E-state index in [0.29, 0.717) is 12.3 Å². The molecule has 0 N–H and O–H groups in total. The number of nitriles is 1. The maximum atomic E-state index is 12.2. The second-order valence-electron chi connectivity index (χ2n) is 6.54. The Kier molecular flexibility index (Phi) is 9.11. The molecule has 1 rings (SSSR count). The average molecular weight is 475 g/mol. The summed E-state index contributed by atoms with van der Waals surface area (Å²) in [5.74, 6) is 0.405. The number of hydrogen-bond acceptors (Lipinski definition) is 4. The topological polar surface area (TPSA) is 67.2 Å². The first-order chi connectivity index (χ1) is 11.7. The molecule has 0 heterocycles. The van der Waals surface area contributed by atoms with Crippen LogP contribution in [0.3, 0.4) is 0 Å². The van der Waals surface area contributed by atoms with Crippen LogP contribution < -0.4 is 0 Å². The van der Waals surface area contributed by atoms with E-state index in [9.17, 15) is 8.42 Å². The number of allylic oxidation sites excluding steroid dienone is 2. The molecular formula is C19H26INO3S. The van der Waals surface area contributed by atoms with Crippen LogP contribution in [0.1, 0.15) is 38.7 Å². The molecule has 25 heavy (non-hydrogen) atoms. The zero-order valence-corrected chi connectivity index (χ0v) is 18.0. The van der Waals surface area contributed by atoms with Gasteiger partial charge in [0.15, 0.2) is 0 Å². The summed E-state index contributed by atoms with van der Waals surface area (Å²) in [6, 6.07) is 8.69. The van der Waals surface area contributed by atoms with Gasteiger partial charge in [-0.15, -0.1) is 0 Å². The maximum Gasteiger partial charge on any atom is 0.296 e. The van der Waals surface area contributed by atoms with Crippen LogP contribution in [0.2, 0.25) is 0 Å². The van der Waals surface area contributed by atoms with E-state index < -0.39 is 10.1 Å². The highest BCUT2D eigenvalue weighted by atomic mass is 127. The molecule has 0 aliphatic carbocycles. The fourth-order valence-corrected chi connectivity index (χ4v) is 4.49. The monoisotopic (exact) mass is 475 g/mol. The summed E-state index contributed by atoms with van der Waals surface area (Å²) in [5.41, 5.74) is 0.862. The van der Waals surface area contributed by atoms with Crippen LogP contribution in [0.5, 0.6) is 0 Å². The van der Waals surface area contributed by atoms with Crippen LogP contribution in [0.4, 0.5) is 0 Å². The van der Waals surface area contributed by atoms with Crippen LogP contribution in [-0.2, 0) is 14.3 Å². The molecule has 0 fully saturated rings. The van der Waals surface area contributed by atoms with E-state index >= 15 is 0 Å². The maximum absolute atomic E-state index is 12.2. The number of hydrogen-bond donors (Lipinski definition) is 0. The van der Waals surface area contributed by atoms with Crippen LogP contribution in [0.25, 0.3) is 0 Å². The molecule has 0 saturated carbocycles. The lowest BCUT2D eigenvalue weighted by atomic mass is 9.73. The molecule has 1 aromatic carbocycles. The van der Waals surface area contributed by atoms with Gasteiger partial charge in [0, 0.05) is 6.08 Å². The summed E-state index contributed by atoms with van der Waals surface area (Å²) in [5, 5.41) is 8.82. The predicted molar refractivity (Wildman–Crippen MR) is 109 cm³/mol. The van der Waals surface area contributed by atoms with E-state index in [1.807, 2.05) is 13.0 Å². The van der Waals surface area contributed by atoms with Gasteiger partial charge in [0.25, 0.3) is 10.1 Å². The number of halogens is 1. The van der Waals surface area contributed by atoms with Gasteiger partial charge in [-0.05, 0) is 54.1 Å². The number of rotatable bonds is 10. The lowest BCUT2D eigenvalue weighted by Gasteiger charge is -2.32. The molecule has 2 atom stereocenters. The van der Waals surface area contributed by atoms with E-state index in [1.54, 1.807) is 24.3 Å². The molecule has 6 heteroatoms. The van der Waals surface area contributed by atoms with Crippen LogP contribution in [-0.4, -0.2) is 19.5 Å². The summed E-state index contributed by atoms with van der Waals surface area (Å²) in [4.78, 5) is 0.184. The molecule has 0 unspecified atom stereocenters. The predicted octanol–water partition coefficient (Wildman–Crippen LogP) is 5.03. The molecule has 138 valence electrons. The van der Waals surface area contributed by atoms with Gasteiger partial charge >= 0.3 is 0 Å². The van der Waals surface area contributed by atoms with Crippen molar-refractivity contribution >= 4 is 32.7 Å². The van der Waals surface area contributed by atoms with E-state index in [1.165, 1.54) is 6.08 Å². The number of nitrogens with zero attached hydrogens (tertiary/aromatic N) is 1. The minimum absolute atomic E-state index is 0.141. The SMILES string of the molecule is Cc1ccc(S(=O)(=O)OCCC[C@@](C)(/C=C/C#N)[C@@H](C)CCI)cc1. The van der Waals surface area contributed by atoms with Gasteiger partial charge in [-0.2, -0.15) is 13.7 Å². The van der Waals surface area contributed by atoms with Crippen molar-refractivity contribution in [1.82, 2.24) is 0 Å². The highest BCUT2D eigenvalue weighted by molar-refractivity contribution is 14.1. The van der Waals surface area contributed by atoms with Crippen molar-refractivity contribution in [3.05, 3.63) is 42.0 Å². The molecule has 4 nitrogen and oxygen atoms in total. The first-order valence-corrected chi connectivity index (χ1v) is 11.3. The van der Waals surface area contributed by atoms with Crippen molar-refractivity contribution in [1.29, 1.82) is 5.26 Å². The van der Waals surface area contributed by atoms with E-state index in [2.05, 4.69) is 42.5 Å². The molecular weight excluding hydrogens is 449 g/mol. The summed E-state index contributed by atoms with van der Waals surface area (Å²) in [6.45, 7) is 6.34. The smallest absolute Gasteiger partial charge is 0.266 e. The highest BCUT2D eigenvalue weighted by Gasteiger charge is 2.28. The number of alkyl halides is 1. The Labute approximate surface area is 165 Å². The van der Waals surface area contributed by atoms with Gasteiger partial charge in [-0.25, -0.2) is 0 Å². The van der Waals surface area contributed by atoms with Gasteiger partial charge in [0.05, 0.1) is 17.6 Å². The Hall–Kier alpha value is -0.910. The molecule has 0 aliphatic rings. The minimum atomic E-state index is -3.71. The zero-order chi connectivity index (χ0) is 18.9. The Bertz CT molecular complexity index is 707. The zero-order valence-electron chi connectivity index (χ0n) is 15.0. The fraction of sp³-hybridized carbons (Fsp3) is 0.526. The molecule has 0 saturated heterocycles. The van der Waals surface area contributed by atoms with Crippen molar-refractivity contribution in [2.45, 2.75) is 44.9 Å². The Morgan fingerprint density at radius 3 is 2.56 bits per heavy atom. The standard InChI is InChI=1S/C19H26INO3S/c1-16-6-8-18(9-7-16)25(22,23)24-15-5-12-19(3,11-4-14-21)17(2)10-13-20/h4,6-9,11,17H,5,10,12-13,15H2,1-3H3/b11-4+/t17-,19+/m0/s1. The molecule has 0 spiro atoms. The van der Waals surface area contributed by atoms with Crippen molar-refractivity contribution < 1.29 is 12.6 Å². The lowest BCUT2D eigenvalue weighted by molar-refractivity contribution is 0.218. The molecule has 1 aromatic rings. The van der Waals surface area contributed by atoms with E-state index in [4.69, 9.17) is 9.44 Å². The summed E-state index contributed by atoms with van der Waals surface area (Å²) >= 11 is 2.35. The molecule has 0 amide bonds. The van der Waals surface area contributed by atoms with Gasteiger partial charge in [0.2, 0.25) is 0 Å². The Morgan fingerprint density at radius 1 is 1.36 bits per heavy atom.